The van der Waals surface area contributed by atoms with Gasteiger partial charge in [0.1, 0.15) is 0 Å². The van der Waals surface area contributed by atoms with Crippen LogP contribution in [0.3, 0.4) is 0 Å². The third kappa shape index (κ3) is 4.19. The summed E-state index contributed by atoms with van der Waals surface area (Å²) in [5.74, 6) is 2.08. The Morgan fingerprint density at radius 1 is 1.05 bits per heavy atom. The molecule has 0 amide bonds. The Kier molecular flexibility index (Phi) is 6.15. The Bertz CT molecular complexity index is 236. The molecule has 0 aromatic heterocycles. The van der Waals surface area contributed by atoms with E-state index in [0.29, 0.717) is 0 Å². The Hall–Kier alpha value is -0.0800. The number of hydrogen-bond donors (Lipinski definition) is 0. The van der Waals surface area contributed by atoms with E-state index in [4.69, 9.17) is 0 Å². The van der Waals surface area contributed by atoms with E-state index >= 15 is 0 Å². The molecular formula is C17H34N2. The number of rotatable bonds is 7. The lowest BCUT2D eigenvalue weighted by Gasteiger charge is -2.26. The molecular weight excluding hydrogens is 232 g/mol. The summed E-state index contributed by atoms with van der Waals surface area (Å²) in [6.07, 6.45) is 8.75. The summed E-state index contributed by atoms with van der Waals surface area (Å²) in [6.45, 7) is 13.5. The Morgan fingerprint density at radius 3 is 2.16 bits per heavy atom. The fourth-order valence-electron chi connectivity index (χ4n) is 4.13. The van der Waals surface area contributed by atoms with Crippen molar-refractivity contribution in [2.24, 2.45) is 11.8 Å². The Morgan fingerprint density at radius 2 is 1.63 bits per heavy atom. The van der Waals surface area contributed by atoms with Gasteiger partial charge in [-0.1, -0.05) is 26.7 Å². The monoisotopic (exact) mass is 266 g/mol. The first-order chi connectivity index (χ1) is 9.24. The molecule has 0 radical (unpaired) electrons. The zero-order chi connectivity index (χ0) is 13.7. The number of hydrogen-bond acceptors (Lipinski definition) is 2. The van der Waals surface area contributed by atoms with Crippen LogP contribution in [0.15, 0.2) is 0 Å². The quantitative estimate of drug-likeness (QED) is 0.694. The molecule has 2 fully saturated rings. The van der Waals surface area contributed by atoms with Gasteiger partial charge in [0, 0.05) is 19.1 Å². The van der Waals surface area contributed by atoms with Crippen LogP contribution in [-0.2, 0) is 0 Å². The normalized spacial score (nSPS) is 29.7. The largest absolute Gasteiger partial charge is 0.304 e. The van der Waals surface area contributed by atoms with Crippen molar-refractivity contribution in [3.05, 3.63) is 0 Å². The smallest absolute Gasteiger partial charge is 0.00676 e. The van der Waals surface area contributed by atoms with Gasteiger partial charge in [-0.15, -0.1) is 0 Å². The van der Waals surface area contributed by atoms with E-state index < -0.39 is 0 Å². The summed E-state index contributed by atoms with van der Waals surface area (Å²) in [5.41, 5.74) is 0. The molecule has 0 N–H and O–H groups in total. The zero-order valence-corrected chi connectivity index (χ0v) is 13.4. The van der Waals surface area contributed by atoms with Gasteiger partial charge < -0.3 is 9.80 Å². The van der Waals surface area contributed by atoms with Crippen LogP contribution in [0.5, 0.6) is 0 Å². The Labute approximate surface area is 120 Å². The minimum absolute atomic E-state index is 0.807. The Balaban J connectivity index is 1.67. The molecule has 1 aliphatic heterocycles. The summed E-state index contributed by atoms with van der Waals surface area (Å²) in [7, 11) is 0. The number of nitrogens with zero attached hydrogens (tertiary/aromatic N) is 2. The van der Waals surface area contributed by atoms with Gasteiger partial charge in [-0.2, -0.15) is 0 Å². The lowest BCUT2D eigenvalue weighted by Crippen LogP contribution is -2.32. The highest BCUT2D eigenvalue weighted by Gasteiger charge is 2.35. The zero-order valence-electron chi connectivity index (χ0n) is 13.4. The summed E-state index contributed by atoms with van der Waals surface area (Å²) >= 11 is 0. The van der Waals surface area contributed by atoms with E-state index in [1.807, 2.05) is 0 Å². The van der Waals surface area contributed by atoms with Crippen molar-refractivity contribution in [2.45, 2.75) is 65.3 Å². The van der Waals surface area contributed by atoms with Crippen LogP contribution in [-0.4, -0.2) is 48.6 Å². The maximum Gasteiger partial charge on any atom is 0.00676 e. The van der Waals surface area contributed by atoms with Crippen molar-refractivity contribution in [1.29, 1.82) is 0 Å². The van der Waals surface area contributed by atoms with Crippen molar-refractivity contribution in [3.8, 4) is 0 Å². The van der Waals surface area contributed by atoms with Crippen LogP contribution >= 0.6 is 0 Å². The third-order valence-electron chi connectivity index (χ3n) is 5.62. The van der Waals surface area contributed by atoms with Crippen molar-refractivity contribution in [3.63, 3.8) is 0 Å². The highest BCUT2D eigenvalue weighted by Crippen LogP contribution is 2.37. The van der Waals surface area contributed by atoms with Gasteiger partial charge in [0.25, 0.3) is 0 Å². The van der Waals surface area contributed by atoms with E-state index in [-0.39, 0.29) is 0 Å². The molecule has 2 rings (SSSR count). The minimum Gasteiger partial charge on any atom is -0.304 e. The first-order valence-corrected chi connectivity index (χ1v) is 8.71. The first-order valence-electron chi connectivity index (χ1n) is 8.71. The van der Waals surface area contributed by atoms with E-state index in [0.717, 1.165) is 17.9 Å². The van der Waals surface area contributed by atoms with E-state index in [9.17, 15) is 0 Å². The van der Waals surface area contributed by atoms with Crippen molar-refractivity contribution in [2.75, 3.05) is 32.7 Å². The highest BCUT2D eigenvalue weighted by atomic mass is 15.2. The molecule has 1 aliphatic carbocycles. The second kappa shape index (κ2) is 7.64. The van der Waals surface area contributed by atoms with Gasteiger partial charge in [0.05, 0.1) is 0 Å². The summed E-state index contributed by atoms with van der Waals surface area (Å²) in [6, 6.07) is 0.807. The van der Waals surface area contributed by atoms with Gasteiger partial charge in [0.2, 0.25) is 0 Å². The molecule has 0 aromatic carbocycles. The molecule has 112 valence electrons. The molecule has 1 heterocycles. The summed E-state index contributed by atoms with van der Waals surface area (Å²) in [4.78, 5) is 5.35. The predicted octanol–water partition coefficient (Wildman–Crippen LogP) is 3.62. The SMILES string of the molecule is CCN(CC)CCCC(C)N1CC2CCCCC2C1. The van der Waals surface area contributed by atoms with E-state index in [2.05, 4.69) is 30.6 Å². The van der Waals surface area contributed by atoms with Crippen molar-refractivity contribution >= 4 is 0 Å². The molecule has 19 heavy (non-hydrogen) atoms. The van der Waals surface area contributed by atoms with Crippen molar-refractivity contribution < 1.29 is 0 Å². The fraction of sp³-hybridized carbons (Fsp3) is 1.00. The molecule has 2 aliphatic rings. The molecule has 0 bridgehead atoms. The molecule has 1 saturated heterocycles. The van der Waals surface area contributed by atoms with Gasteiger partial charge in [-0.25, -0.2) is 0 Å². The fourth-order valence-corrected chi connectivity index (χ4v) is 4.13. The van der Waals surface area contributed by atoms with Gasteiger partial charge in [0.15, 0.2) is 0 Å². The molecule has 3 atom stereocenters. The molecule has 2 nitrogen and oxygen atoms in total. The molecule has 0 spiro atoms. The summed E-state index contributed by atoms with van der Waals surface area (Å²) in [5, 5.41) is 0. The second-order valence-corrected chi connectivity index (χ2v) is 6.78. The molecule has 2 heteroatoms. The average molecular weight is 266 g/mol. The molecule has 0 aromatic rings. The second-order valence-electron chi connectivity index (χ2n) is 6.78. The summed E-state index contributed by atoms with van der Waals surface area (Å²) < 4.78 is 0. The molecule has 1 saturated carbocycles. The van der Waals surface area contributed by atoms with Crippen LogP contribution in [0.1, 0.15) is 59.3 Å². The number of fused-ring (bicyclic) bond motifs is 1. The minimum atomic E-state index is 0.807. The van der Waals surface area contributed by atoms with Crippen LogP contribution < -0.4 is 0 Å². The lowest BCUT2D eigenvalue weighted by molar-refractivity contribution is 0.217. The van der Waals surface area contributed by atoms with Crippen molar-refractivity contribution in [1.82, 2.24) is 9.80 Å². The van der Waals surface area contributed by atoms with Gasteiger partial charge in [-0.05, 0) is 64.1 Å². The lowest BCUT2D eigenvalue weighted by atomic mass is 9.82. The van der Waals surface area contributed by atoms with Gasteiger partial charge >= 0.3 is 0 Å². The first kappa shape index (κ1) is 15.3. The average Bonchev–Trinajstić information content (AvgIpc) is 2.87. The van der Waals surface area contributed by atoms with Crippen LogP contribution in [0, 0.1) is 11.8 Å². The van der Waals surface area contributed by atoms with Crippen LogP contribution in [0.25, 0.3) is 0 Å². The third-order valence-corrected chi connectivity index (χ3v) is 5.62. The molecule has 3 unspecified atom stereocenters. The standard InChI is InChI=1S/C17H34N2/c1-4-18(5-2)12-8-9-15(3)19-13-16-10-6-7-11-17(16)14-19/h15-17H,4-14H2,1-3H3. The topological polar surface area (TPSA) is 6.48 Å². The number of likely N-dealkylation sites (tertiary alicyclic amines) is 1. The highest BCUT2D eigenvalue weighted by molar-refractivity contribution is 4.88. The predicted molar refractivity (Wildman–Crippen MR) is 83.5 cm³/mol. The van der Waals surface area contributed by atoms with E-state index in [1.165, 1.54) is 71.2 Å². The van der Waals surface area contributed by atoms with Crippen LogP contribution in [0.4, 0.5) is 0 Å². The maximum atomic E-state index is 2.79. The van der Waals surface area contributed by atoms with Crippen LogP contribution in [0.2, 0.25) is 0 Å². The van der Waals surface area contributed by atoms with E-state index in [1.54, 1.807) is 0 Å². The van der Waals surface area contributed by atoms with Gasteiger partial charge in [-0.3, -0.25) is 0 Å². The maximum absolute atomic E-state index is 2.79.